The summed E-state index contributed by atoms with van der Waals surface area (Å²) in [4.78, 5) is 11.2. The van der Waals surface area contributed by atoms with Crippen molar-refractivity contribution in [3.8, 4) is 0 Å². The van der Waals surface area contributed by atoms with Crippen LogP contribution in [0, 0.1) is 0 Å². The van der Waals surface area contributed by atoms with Crippen LogP contribution in [0.2, 0.25) is 0 Å². The lowest BCUT2D eigenvalue weighted by atomic mass is 9.97. The third-order valence-electron chi connectivity index (χ3n) is 3.47. The maximum atomic E-state index is 9.50. The van der Waals surface area contributed by atoms with E-state index in [1.165, 1.54) is 6.33 Å². The van der Waals surface area contributed by atoms with Gasteiger partial charge in [0.15, 0.2) is 12.2 Å². The molecule has 5 N–H and O–H groups in total. The summed E-state index contributed by atoms with van der Waals surface area (Å²) in [6.45, 7) is 3.83. The number of rotatable bonds is 5. The van der Waals surface area contributed by atoms with Crippen molar-refractivity contribution in [1.29, 1.82) is 0 Å². The lowest BCUT2D eigenvalue weighted by Crippen LogP contribution is -2.35. The number of hydrogen-bond acceptors (Lipinski definition) is 6. The molecule has 0 spiro atoms. The zero-order valence-electron chi connectivity index (χ0n) is 11.6. The molecular weight excluding hydrogens is 260 g/mol. The molecule has 2 rings (SSSR count). The number of nitrogens with one attached hydrogen (secondary N) is 1. The Morgan fingerprint density at radius 2 is 2.30 bits per heavy atom. The molecule has 1 aromatic rings. The van der Waals surface area contributed by atoms with E-state index in [4.69, 9.17) is 10.5 Å². The standard InChI is InChI=1S/C13H20N4O3/c1-3-13(2)10(5-11(14)20-13)17-9(12(18)19)4-8-6-15-7-16-8/h5-7,9,12,18-19H,3-4,14H2,1-2H3,(H,15,16)/t9-,13?/m0/s1. The van der Waals surface area contributed by atoms with Gasteiger partial charge in [-0.1, -0.05) is 6.92 Å². The third-order valence-corrected chi connectivity index (χ3v) is 3.47. The number of aliphatic hydroxyl groups excluding tert-OH is 1. The molecule has 110 valence electrons. The number of nitrogens with zero attached hydrogens (tertiary/aromatic N) is 2. The first-order valence-corrected chi connectivity index (χ1v) is 6.52. The van der Waals surface area contributed by atoms with Crippen LogP contribution in [-0.2, 0) is 11.2 Å². The van der Waals surface area contributed by atoms with E-state index in [2.05, 4.69) is 15.0 Å². The number of imidazole rings is 1. The Balaban J connectivity index is 2.24. The Morgan fingerprint density at radius 3 is 2.85 bits per heavy atom. The molecule has 0 saturated heterocycles. The SMILES string of the molecule is CCC1(C)OC(N)=CC1=N[C@@H](Cc1cnc[nH]1)C(O)O. The van der Waals surface area contributed by atoms with E-state index in [0.717, 1.165) is 5.69 Å². The molecule has 0 amide bonds. The average Bonchev–Trinajstić information content (AvgIpc) is 2.98. The molecule has 0 fully saturated rings. The molecule has 20 heavy (non-hydrogen) atoms. The first-order chi connectivity index (χ1) is 9.44. The van der Waals surface area contributed by atoms with Gasteiger partial charge in [0.05, 0.1) is 12.0 Å². The van der Waals surface area contributed by atoms with Gasteiger partial charge in [-0.2, -0.15) is 0 Å². The molecule has 1 aliphatic heterocycles. The first kappa shape index (κ1) is 14.5. The first-order valence-electron chi connectivity index (χ1n) is 6.52. The highest BCUT2D eigenvalue weighted by atomic mass is 16.5. The number of aliphatic imine (C=N–C) groups is 1. The summed E-state index contributed by atoms with van der Waals surface area (Å²) < 4.78 is 5.55. The van der Waals surface area contributed by atoms with Crippen LogP contribution in [0.4, 0.5) is 0 Å². The van der Waals surface area contributed by atoms with Crippen LogP contribution in [0.3, 0.4) is 0 Å². The van der Waals surface area contributed by atoms with Crippen LogP contribution in [0.15, 0.2) is 29.5 Å². The van der Waals surface area contributed by atoms with Crippen LogP contribution in [0.25, 0.3) is 0 Å². The second-order valence-electron chi connectivity index (χ2n) is 5.01. The number of aromatic nitrogens is 2. The molecule has 0 bridgehead atoms. The van der Waals surface area contributed by atoms with Gasteiger partial charge in [-0.25, -0.2) is 4.98 Å². The smallest absolute Gasteiger partial charge is 0.187 e. The van der Waals surface area contributed by atoms with Gasteiger partial charge in [-0.3, -0.25) is 4.99 Å². The maximum absolute atomic E-state index is 9.50. The van der Waals surface area contributed by atoms with Crippen molar-refractivity contribution in [2.24, 2.45) is 10.7 Å². The van der Waals surface area contributed by atoms with Crippen molar-refractivity contribution in [1.82, 2.24) is 9.97 Å². The number of nitrogens with two attached hydrogens (primary N) is 1. The molecule has 1 aromatic heterocycles. The molecule has 1 aliphatic rings. The van der Waals surface area contributed by atoms with Crippen molar-refractivity contribution < 1.29 is 14.9 Å². The fourth-order valence-electron chi connectivity index (χ4n) is 2.07. The predicted octanol–water partition coefficient (Wildman–Crippen LogP) is 0.0715. The summed E-state index contributed by atoms with van der Waals surface area (Å²) in [7, 11) is 0. The van der Waals surface area contributed by atoms with Gasteiger partial charge >= 0.3 is 0 Å². The number of hydrogen-bond donors (Lipinski definition) is 4. The van der Waals surface area contributed by atoms with Crippen molar-refractivity contribution >= 4 is 5.71 Å². The minimum atomic E-state index is -1.57. The zero-order chi connectivity index (χ0) is 14.8. The fourth-order valence-corrected chi connectivity index (χ4v) is 2.07. The molecule has 0 aliphatic carbocycles. The van der Waals surface area contributed by atoms with Crippen LogP contribution >= 0.6 is 0 Å². The van der Waals surface area contributed by atoms with E-state index in [1.54, 1.807) is 12.3 Å². The lowest BCUT2D eigenvalue weighted by Gasteiger charge is -2.25. The molecule has 2 heterocycles. The van der Waals surface area contributed by atoms with Gasteiger partial charge in [-0.15, -0.1) is 0 Å². The predicted molar refractivity (Wildman–Crippen MR) is 73.8 cm³/mol. The minimum absolute atomic E-state index is 0.292. The van der Waals surface area contributed by atoms with Crippen molar-refractivity contribution in [2.45, 2.75) is 44.6 Å². The van der Waals surface area contributed by atoms with Gasteiger partial charge in [0.2, 0.25) is 0 Å². The van der Waals surface area contributed by atoms with E-state index in [1.807, 2.05) is 13.8 Å². The summed E-state index contributed by atoms with van der Waals surface area (Å²) in [5.41, 5.74) is 6.46. The summed E-state index contributed by atoms with van der Waals surface area (Å²) in [6, 6.07) is -0.706. The third kappa shape index (κ3) is 3.00. The highest BCUT2D eigenvalue weighted by Crippen LogP contribution is 2.27. The second kappa shape index (κ2) is 5.64. The Kier molecular flexibility index (Phi) is 4.10. The van der Waals surface area contributed by atoms with Gasteiger partial charge in [0.25, 0.3) is 0 Å². The van der Waals surface area contributed by atoms with Gasteiger partial charge in [0.1, 0.15) is 11.6 Å². The highest BCUT2D eigenvalue weighted by Gasteiger charge is 2.36. The number of aromatic amines is 1. The van der Waals surface area contributed by atoms with Crippen LogP contribution in [0.5, 0.6) is 0 Å². The number of ether oxygens (including phenoxy) is 1. The average molecular weight is 280 g/mol. The normalized spacial score (nSPS) is 25.9. The Labute approximate surface area is 117 Å². The van der Waals surface area contributed by atoms with Crippen LogP contribution in [0.1, 0.15) is 26.0 Å². The van der Waals surface area contributed by atoms with Crippen LogP contribution in [-0.4, -0.2) is 43.8 Å². The van der Waals surface area contributed by atoms with Crippen molar-refractivity contribution in [3.05, 3.63) is 30.2 Å². The summed E-state index contributed by atoms with van der Waals surface area (Å²) in [5, 5.41) is 19.0. The quantitative estimate of drug-likeness (QED) is 0.569. The largest absolute Gasteiger partial charge is 0.467 e. The molecule has 0 aromatic carbocycles. The molecule has 7 nitrogen and oxygen atoms in total. The Morgan fingerprint density at radius 1 is 1.55 bits per heavy atom. The highest BCUT2D eigenvalue weighted by molar-refractivity contribution is 6.03. The van der Waals surface area contributed by atoms with E-state index in [0.29, 0.717) is 24.4 Å². The Hall–Kier alpha value is -1.86. The van der Waals surface area contributed by atoms with Crippen molar-refractivity contribution in [3.63, 3.8) is 0 Å². The molecule has 0 radical (unpaired) electrons. The lowest BCUT2D eigenvalue weighted by molar-refractivity contribution is -0.0575. The molecule has 2 atom stereocenters. The molecular formula is C13H20N4O3. The van der Waals surface area contributed by atoms with E-state index < -0.39 is 17.9 Å². The summed E-state index contributed by atoms with van der Waals surface area (Å²) in [6.07, 6.45) is 4.25. The summed E-state index contributed by atoms with van der Waals surface area (Å²) >= 11 is 0. The van der Waals surface area contributed by atoms with Gasteiger partial charge < -0.3 is 25.7 Å². The van der Waals surface area contributed by atoms with Gasteiger partial charge in [-0.05, 0) is 13.3 Å². The van der Waals surface area contributed by atoms with Gasteiger partial charge in [0, 0.05) is 24.4 Å². The van der Waals surface area contributed by atoms with E-state index in [9.17, 15) is 10.2 Å². The van der Waals surface area contributed by atoms with Crippen LogP contribution < -0.4 is 5.73 Å². The minimum Gasteiger partial charge on any atom is -0.467 e. The second-order valence-corrected chi connectivity index (χ2v) is 5.01. The molecule has 7 heteroatoms. The molecule has 0 saturated carbocycles. The van der Waals surface area contributed by atoms with Crippen molar-refractivity contribution in [2.75, 3.05) is 0 Å². The monoisotopic (exact) mass is 280 g/mol. The molecule has 1 unspecified atom stereocenters. The number of aliphatic hydroxyl groups is 2. The number of H-pyrrole nitrogens is 1. The maximum Gasteiger partial charge on any atom is 0.187 e. The Bertz CT molecular complexity index is 510. The fraction of sp³-hybridized carbons (Fsp3) is 0.538. The topological polar surface area (TPSA) is 117 Å². The summed E-state index contributed by atoms with van der Waals surface area (Å²) in [5.74, 6) is 0.292. The van der Waals surface area contributed by atoms with E-state index >= 15 is 0 Å². The zero-order valence-corrected chi connectivity index (χ0v) is 11.6. The van der Waals surface area contributed by atoms with E-state index in [-0.39, 0.29) is 0 Å².